The molecule has 6 aromatic rings. The predicted octanol–water partition coefficient (Wildman–Crippen LogP) is 9.47. The number of carbonyl (C=O) groups excluding carboxylic acids is 2. The molecule has 0 atom stereocenters. The van der Waals surface area contributed by atoms with Crippen LogP contribution in [-0.2, 0) is 0 Å². The van der Waals surface area contributed by atoms with Crippen molar-refractivity contribution in [2.75, 3.05) is 57.8 Å². The third-order valence-electron chi connectivity index (χ3n) is 9.74. The summed E-state index contributed by atoms with van der Waals surface area (Å²) in [5.74, 6) is 4.53. The topological polar surface area (TPSA) is 182 Å². The average Bonchev–Trinajstić information content (AvgIpc) is 4.11. The number of hydrogen-bond donors (Lipinski definition) is 4. The lowest BCUT2D eigenvalue weighted by molar-refractivity contribution is 0.167. The van der Waals surface area contributed by atoms with Crippen LogP contribution in [0.5, 0.6) is 57.5 Å². The summed E-state index contributed by atoms with van der Waals surface area (Å²) in [6.45, 7) is 6.23. The van der Waals surface area contributed by atoms with Crippen LogP contribution in [0, 0.1) is 11.7 Å². The number of aromatic nitrogens is 2. The molecule has 63 heavy (non-hydrogen) atoms. The third kappa shape index (κ3) is 9.83. The number of fused-ring (bicyclic) bond motifs is 6. The molecular formula is C45H44ClFN6O10. The van der Waals surface area contributed by atoms with E-state index >= 15 is 0 Å². The Hall–Kier alpha value is -7.14. The van der Waals surface area contributed by atoms with Crippen LogP contribution >= 0.6 is 11.6 Å². The van der Waals surface area contributed by atoms with Crippen molar-refractivity contribution in [1.82, 2.24) is 20.6 Å². The van der Waals surface area contributed by atoms with Gasteiger partial charge in [-0.15, -0.1) is 0 Å². The Kier molecular flexibility index (Phi) is 12.7. The van der Waals surface area contributed by atoms with Crippen LogP contribution in [0.4, 0.5) is 25.4 Å². The lowest BCUT2D eigenvalue weighted by Gasteiger charge is -2.23. The van der Waals surface area contributed by atoms with Crippen LogP contribution in [-0.4, -0.2) is 75.3 Å². The van der Waals surface area contributed by atoms with Crippen LogP contribution < -0.4 is 59.2 Å². The highest BCUT2D eigenvalue weighted by atomic mass is 35.5. The van der Waals surface area contributed by atoms with Crippen molar-refractivity contribution in [3.63, 3.8) is 0 Å². The van der Waals surface area contributed by atoms with Gasteiger partial charge in [0.25, 0.3) is 0 Å². The molecule has 9 rings (SSSR count). The largest absolute Gasteiger partial charge is 0.493 e. The van der Waals surface area contributed by atoms with E-state index in [9.17, 15) is 14.0 Å². The summed E-state index contributed by atoms with van der Waals surface area (Å²) in [6, 6.07) is 15.7. The normalized spacial score (nSPS) is 13.6. The maximum absolute atomic E-state index is 14.6. The number of carbonyl (C=O) groups is 2. The summed E-state index contributed by atoms with van der Waals surface area (Å²) in [6.07, 6.45) is 5.13. The van der Waals surface area contributed by atoms with Gasteiger partial charge in [0.05, 0.1) is 52.4 Å². The zero-order valence-electron chi connectivity index (χ0n) is 34.8. The van der Waals surface area contributed by atoms with E-state index in [-0.39, 0.29) is 23.5 Å². The van der Waals surface area contributed by atoms with Gasteiger partial charge in [-0.1, -0.05) is 25.4 Å². The molecule has 2 aliphatic heterocycles. The molecule has 2 aromatic heterocycles. The summed E-state index contributed by atoms with van der Waals surface area (Å²) in [7, 11) is 3.11. The molecule has 0 saturated heterocycles. The Bertz CT molecular complexity index is 2680. The lowest BCUT2D eigenvalue weighted by atomic mass is 10.1. The number of hydrogen-bond acceptors (Lipinski definition) is 12. The quantitative estimate of drug-likeness (QED) is 0.0969. The smallest absolute Gasteiger partial charge is 0.319 e. The third-order valence-corrected chi connectivity index (χ3v) is 10.1. The number of amides is 4. The summed E-state index contributed by atoms with van der Waals surface area (Å²) < 4.78 is 60.7. The Morgan fingerprint density at radius 1 is 0.698 bits per heavy atom. The van der Waals surface area contributed by atoms with E-state index in [1.165, 1.54) is 12.1 Å². The van der Waals surface area contributed by atoms with Gasteiger partial charge in [0, 0.05) is 49.2 Å². The van der Waals surface area contributed by atoms with Crippen molar-refractivity contribution in [1.29, 1.82) is 0 Å². The van der Waals surface area contributed by atoms with Crippen LogP contribution in [0.15, 0.2) is 73.1 Å². The summed E-state index contributed by atoms with van der Waals surface area (Å²) in [5, 5.41) is 12.4. The highest BCUT2D eigenvalue weighted by Gasteiger charge is 2.27. The van der Waals surface area contributed by atoms with E-state index < -0.39 is 11.8 Å². The molecule has 0 bridgehead atoms. The number of ether oxygens (including phenoxy) is 8. The molecule has 4 aromatic carbocycles. The monoisotopic (exact) mass is 882 g/mol. The minimum atomic E-state index is -0.606. The number of anilines is 2. The maximum atomic E-state index is 14.6. The minimum Gasteiger partial charge on any atom is -0.493 e. The molecular weight excluding hydrogens is 839 g/mol. The summed E-state index contributed by atoms with van der Waals surface area (Å²) in [5.41, 5.74) is 1.80. The van der Waals surface area contributed by atoms with E-state index in [0.717, 1.165) is 12.8 Å². The Morgan fingerprint density at radius 2 is 1.21 bits per heavy atom. The molecule has 1 aliphatic carbocycles. The maximum Gasteiger partial charge on any atom is 0.319 e. The SMILES string of the molecule is COc1cc2nccc(Oc3ccc(NC(=O)NC4CC4)c(F)c3)c2c2c1OCCO2.COc1cc2nccc(Oc3ccc(NC(=O)NCC(C)C)c(Cl)c3)c2c2c1OCCO2. The van der Waals surface area contributed by atoms with Gasteiger partial charge in [0.1, 0.15) is 55.2 Å². The first-order valence-electron chi connectivity index (χ1n) is 20.2. The average molecular weight is 883 g/mol. The fourth-order valence-corrected chi connectivity index (χ4v) is 6.85. The van der Waals surface area contributed by atoms with Crippen LogP contribution in [0.1, 0.15) is 26.7 Å². The van der Waals surface area contributed by atoms with Gasteiger partial charge in [-0.2, -0.15) is 0 Å². The number of pyridine rings is 2. The van der Waals surface area contributed by atoms with Gasteiger partial charge < -0.3 is 59.2 Å². The van der Waals surface area contributed by atoms with Gasteiger partial charge in [-0.05, 0) is 55.2 Å². The molecule has 4 heterocycles. The zero-order valence-corrected chi connectivity index (χ0v) is 35.5. The number of nitrogens with one attached hydrogen (secondary N) is 4. The van der Waals surface area contributed by atoms with Crippen molar-refractivity contribution >= 4 is 56.8 Å². The number of nitrogens with zero attached hydrogens (tertiary/aromatic N) is 2. The first-order chi connectivity index (χ1) is 30.6. The first-order valence-corrected chi connectivity index (χ1v) is 20.5. The molecule has 3 aliphatic rings. The highest BCUT2D eigenvalue weighted by Crippen LogP contribution is 2.50. The highest BCUT2D eigenvalue weighted by molar-refractivity contribution is 6.33. The molecule has 0 radical (unpaired) electrons. The van der Waals surface area contributed by atoms with Crippen molar-refractivity contribution < 1.29 is 51.9 Å². The predicted molar refractivity (Wildman–Crippen MR) is 234 cm³/mol. The van der Waals surface area contributed by atoms with E-state index in [4.69, 9.17) is 49.5 Å². The molecule has 0 unspecified atom stereocenters. The molecule has 16 nitrogen and oxygen atoms in total. The van der Waals surface area contributed by atoms with Gasteiger partial charge >= 0.3 is 12.1 Å². The van der Waals surface area contributed by atoms with Gasteiger partial charge in [-0.3, -0.25) is 9.97 Å². The first kappa shape index (κ1) is 42.5. The number of methoxy groups -OCH3 is 2. The second-order valence-corrected chi connectivity index (χ2v) is 15.3. The fourth-order valence-electron chi connectivity index (χ4n) is 6.63. The Balaban J connectivity index is 0.000000173. The van der Waals surface area contributed by atoms with E-state index in [2.05, 4.69) is 31.2 Å². The van der Waals surface area contributed by atoms with Gasteiger partial charge in [0.2, 0.25) is 11.5 Å². The number of rotatable bonds is 11. The molecule has 18 heteroatoms. The van der Waals surface area contributed by atoms with Crippen LogP contribution in [0.3, 0.4) is 0 Å². The molecule has 4 N–H and O–H groups in total. The Morgan fingerprint density at radius 3 is 1.70 bits per heavy atom. The van der Waals surface area contributed by atoms with Crippen molar-refractivity contribution in [3.8, 4) is 57.5 Å². The summed E-state index contributed by atoms with van der Waals surface area (Å²) >= 11 is 6.38. The summed E-state index contributed by atoms with van der Waals surface area (Å²) in [4.78, 5) is 32.7. The van der Waals surface area contributed by atoms with Crippen molar-refractivity contribution in [2.45, 2.75) is 32.7 Å². The van der Waals surface area contributed by atoms with E-state index in [1.807, 2.05) is 13.8 Å². The molecule has 0 spiro atoms. The second-order valence-electron chi connectivity index (χ2n) is 14.9. The van der Waals surface area contributed by atoms with Crippen LogP contribution in [0.25, 0.3) is 21.8 Å². The number of urea groups is 2. The second kappa shape index (κ2) is 18.9. The van der Waals surface area contributed by atoms with E-state index in [1.54, 1.807) is 75.1 Å². The standard InChI is InChI=1S/C23H24ClN3O5.C22H20FN3O5/c1-13(2)12-26-23(28)27-16-5-4-14(10-15(16)24)32-18-6-7-25-17-11-19(29-3)21-22(20(17)18)31-9-8-30-21;1-28-18-11-16-19(21-20(18)29-8-9-30-21)17(6-7-24-16)31-13-4-5-15(14(23)10-13)26-22(27)25-12-2-3-12/h4-7,10-11,13H,8-9,12H2,1-3H3,(H2,26,27,28);4-7,10-12H,2-3,8-9H2,1H3,(H2,25,26,27). The van der Waals surface area contributed by atoms with Gasteiger partial charge in [-0.25, -0.2) is 14.0 Å². The molecule has 4 amide bonds. The molecule has 1 saturated carbocycles. The minimum absolute atomic E-state index is 0.0731. The fraction of sp³-hybridized carbons (Fsp3) is 0.289. The van der Waals surface area contributed by atoms with Crippen LogP contribution in [0.2, 0.25) is 5.02 Å². The molecule has 328 valence electrons. The van der Waals surface area contributed by atoms with Gasteiger partial charge in [0.15, 0.2) is 23.0 Å². The Labute approximate surface area is 366 Å². The zero-order chi connectivity index (χ0) is 44.0. The van der Waals surface area contributed by atoms with Crippen molar-refractivity contribution in [2.24, 2.45) is 5.92 Å². The molecule has 1 fully saturated rings. The van der Waals surface area contributed by atoms with Crippen molar-refractivity contribution in [3.05, 3.63) is 83.9 Å². The van der Waals surface area contributed by atoms with E-state index in [0.29, 0.717) is 123 Å². The lowest BCUT2D eigenvalue weighted by Crippen LogP contribution is -2.31. The number of halogens is 2. The number of benzene rings is 4.